The molecule has 1 heteroatoms. The Morgan fingerprint density at radius 3 is 2.20 bits per heavy atom. The van der Waals surface area contributed by atoms with E-state index in [0.29, 0.717) is 0 Å². The van der Waals surface area contributed by atoms with E-state index in [1.165, 1.54) is 77.4 Å². The lowest BCUT2D eigenvalue weighted by molar-refractivity contribution is -0.00851. The third kappa shape index (κ3) is 2.08. The van der Waals surface area contributed by atoms with Crippen LogP contribution in [0, 0.1) is 11.3 Å². The molecule has 0 N–H and O–H groups in total. The summed E-state index contributed by atoms with van der Waals surface area (Å²) in [6.45, 7) is 4.33. The minimum absolute atomic E-state index is 0.814. The van der Waals surface area contributed by atoms with Gasteiger partial charge in [-0.2, -0.15) is 0 Å². The van der Waals surface area contributed by atoms with Crippen LogP contribution < -0.4 is 0 Å². The molecule has 86 valence electrons. The summed E-state index contributed by atoms with van der Waals surface area (Å²) in [7, 11) is 0. The van der Waals surface area contributed by atoms with E-state index in [2.05, 4.69) is 4.90 Å². The molecule has 0 aromatic heterocycles. The van der Waals surface area contributed by atoms with Crippen molar-refractivity contribution in [1.29, 1.82) is 0 Å². The Morgan fingerprint density at radius 2 is 1.53 bits per heavy atom. The molecule has 0 atom stereocenters. The average Bonchev–Trinajstić information content (AvgIpc) is 2.68. The lowest BCUT2D eigenvalue weighted by Gasteiger charge is -2.50. The van der Waals surface area contributed by atoms with E-state index in [1.807, 2.05) is 0 Å². The maximum absolute atomic E-state index is 2.75. The SMILES string of the molecule is C1CCC(CN2CC3(CCCC3)C2)CC1. The third-order valence-corrected chi connectivity index (χ3v) is 5.02. The lowest BCUT2D eigenvalue weighted by atomic mass is 9.77. The van der Waals surface area contributed by atoms with Crippen molar-refractivity contribution >= 4 is 0 Å². The van der Waals surface area contributed by atoms with Crippen LogP contribution in [-0.2, 0) is 0 Å². The van der Waals surface area contributed by atoms with E-state index in [-0.39, 0.29) is 0 Å². The van der Waals surface area contributed by atoms with Gasteiger partial charge >= 0.3 is 0 Å². The van der Waals surface area contributed by atoms with Crippen molar-refractivity contribution in [3.05, 3.63) is 0 Å². The zero-order valence-corrected chi connectivity index (χ0v) is 10.0. The second-order valence-corrected chi connectivity index (χ2v) is 6.38. The fourth-order valence-electron chi connectivity index (χ4n) is 4.21. The Kier molecular flexibility index (Phi) is 2.76. The molecule has 2 aliphatic carbocycles. The minimum Gasteiger partial charge on any atom is -0.302 e. The molecular weight excluding hydrogens is 182 g/mol. The molecule has 3 aliphatic rings. The molecule has 1 aliphatic heterocycles. The van der Waals surface area contributed by atoms with Gasteiger partial charge in [-0.3, -0.25) is 0 Å². The van der Waals surface area contributed by atoms with E-state index in [1.54, 1.807) is 0 Å². The second kappa shape index (κ2) is 4.08. The van der Waals surface area contributed by atoms with Gasteiger partial charge in [0, 0.05) is 19.6 Å². The molecule has 0 aromatic carbocycles. The Labute approximate surface area is 94.2 Å². The van der Waals surface area contributed by atoms with Crippen LogP contribution in [0.15, 0.2) is 0 Å². The van der Waals surface area contributed by atoms with E-state index >= 15 is 0 Å². The first-order valence-electron chi connectivity index (χ1n) is 7.09. The van der Waals surface area contributed by atoms with Crippen LogP contribution in [0.3, 0.4) is 0 Å². The molecule has 1 saturated heterocycles. The van der Waals surface area contributed by atoms with Gasteiger partial charge in [0.2, 0.25) is 0 Å². The van der Waals surface area contributed by atoms with Crippen LogP contribution in [0.1, 0.15) is 57.8 Å². The Balaban J connectivity index is 1.43. The van der Waals surface area contributed by atoms with Gasteiger partial charge in [-0.25, -0.2) is 0 Å². The molecular formula is C14H25N. The van der Waals surface area contributed by atoms with Gasteiger partial charge in [0.25, 0.3) is 0 Å². The summed E-state index contributed by atoms with van der Waals surface area (Å²) in [4.78, 5) is 2.75. The van der Waals surface area contributed by atoms with Crippen molar-refractivity contribution in [3.63, 3.8) is 0 Å². The van der Waals surface area contributed by atoms with Gasteiger partial charge in [-0.05, 0) is 37.0 Å². The monoisotopic (exact) mass is 207 g/mol. The van der Waals surface area contributed by atoms with Crippen molar-refractivity contribution in [2.45, 2.75) is 57.8 Å². The maximum Gasteiger partial charge on any atom is 0.00506 e. The standard InChI is InChI=1S/C14H25N/c1-2-6-13(7-3-1)10-15-11-14(12-15)8-4-5-9-14/h13H,1-12H2. The molecule has 0 bridgehead atoms. The summed E-state index contributed by atoms with van der Waals surface area (Å²) in [5.41, 5.74) is 0.814. The molecule has 0 radical (unpaired) electrons. The number of rotatable bonds is 2. The Hall–Kier alpha value is -0.0400. The quantitative estimate of drug-likeness (QED) is 0.670. The fourth-order valence-corrected chi connectivity index (χ4v) is 4.21. The van der Waals surface area contributed by atoms with Crippen LogP contribution in [0.25, 0.3) is 0 Å². The van der Waals surface area contributed by atoms with E-state index in [9.17, 15) is 0 Å². The topological polar surface area (TPSA) is 3.24 Å². The zero-order chi connectivity index (χ0) is 10.1. The van der Waals surface area contributed by atoms with E-state index < -0.39 is 0 Å². The minimum atomic E-state index is 0.814. The zero-order valence-electron chi connectivity index (χ0n) is 10.0. The second-order valence-electron chi connectivity index (χ2n) is 6.38. The van der Waals surface area contributed by atoms with Gasteiger partial charge in [-0.15, -0.1) is 0 Å². The molecule has 3 rings (SSSR count). The van der Waals surface area contributed by atoms with E-state index in [0.717, 1.165) is 11.3 Å². The first kappa shape index (κ1) is 10.1. The molecule has 1 spiro atoms. The number of hydrogen-bond acceptors (Lipinski definition) is 1. The fraction of sp³-hybridized carbons (Fsp3) is 1.00. The largest absolute Gasteiger partial charge is 0.302 e. The van der Waals surface area contributed by atoms with Gasteiger partial charge in [0.1, 0.15) is 0 Å². The highest BCUT2D eigenvalue weighted by molar-refractivity contribution is 4.98. The van der Waals surface area contributed by atoms with Crippen molar-refractivity contribution < 1.29 is 0 Å². The number of hydrogen-bond donors (Lipinski definition) is 0. The smallest absolute Gasteiger partial charge is 0.00506 e. The molecule has 0 unspecified atom stereocenters. The molecule has 0 amide bonds. The van der Waals surface area contributed by atoms with E-state index in [4.69, 9.17) is 0 Å². The summed E-state index contributed by atoms with van der Waals surface area (Å²) in [5, 5.41) is 0. The first-order chi connectivity index (χ1) is 7.36. The number of likely N-dealkylation sites (tertiary alicyclic amines) is 1. The van der Waals surface area contributed by atoms with Crippen LogP contribution in [0.5, 0.6) is 0 Å². The maximum atomic E-state index is 2.75. The van der Waals surface area contributed by atoms with Crippen LogP contribution in [-0.4, -0.2) is 24.5 Å². The molecule has 1 heterocycles. The molecule has 0 aromatic rings. The predicted octanol–water partition coefficient (Wildman–Crippen LogP) is 3.44. The van der Waals surface area contributed by atoms with Crippen LogP contribution in [0.2, 0.25) is 0 Å². The lowest BCUT2D eigenvalue weighted by Crippen LogP contribution is -2.56. The van der Waals surface area contributed by atoms with Crippen molar-refractivity contribution in [3.8, 4) is 0 Å². The van der Waals surface area contributed by atoms with Crippen molar-refractivity contribution in [2.24, 2.45) is 11.3 Å². The summed E-state index contributed by atoms with van der Waals surface area (Å²) in [6, 6.07) is 0. The summed E-state index contributed by atoms with van der Waals surface area (Å²) >= 11 is 0. The predicted molar refractivity (Wildman–Crippen MR) is 63.9 cm³/mol. The molecule has 2 saturated carbocycles. The average molecular weight is 207 g/mol. The highest BCUT2D eigenvalue weighted by Gasteiger charge is 2.44. The van der Waals surface area contributed by atoms with Gasteiger partial charge < -0.3 is 4.90 Å². The van der Waals surface area contributed by atoms with Crippen molar-refractivity contribution in [1.82, 2.24) is 4.90 Å². The van der Waals surface area contributed by atoms with Gasteiger partial charge in [0.05, 0.1) is 0 Å². The summed E-state index contributed by atoms with van der Waals surface area (Å²) < 4.78 is 0. The Morgan fingerprint density at radius 1 is 0.867 bits per heavy atom. The molecule has 15 heavy (non-hydrogen) atoms. The first-order valence-corrected chi connectivity index (χ1v) is 7.09. The highest BCUT2D eigenvalue weighted by atomic mass is 15.2. The van der Waals surface area contributed by atoms with Gasteiger partial charge in [0.15, 0.2) is 0 Å². The summed E-state index contributed by atoms with van der Waals surface area (Å²) in [6.07, 6.45) is 13.6. The number of nitrogens with zero attached hydrogens (tertiary/aromatic N) is 1. The molecule has 1 nitrogen and oxygen atoms in total. The van der Waals surface area contributed by atoms with Crippen LogP contribution >= 0.6 is 0 Å². The Bertz CT molecular complexity index is 203. The third-order valence-electron chi connectivity index (χ3n) is 5.02. The van der Waals surface area contributed by atoms with Crippen molar-refractivity contribution in [2.75, 3.05) is 19.6 Å². The van der Waals surface area contributed by atoms with Crippen LogP contribution in [0.4, 0.5) is 0 Å². The van der Waals surface area contributed by atoms with Gasteiger partial charge in [-0.1, -0.05) is 32.1 Å². The molecule has 3 fully saturated rings. The summed E-state index contributed by atoms with van der Waals surface area (Å²) in [5.74, 6) is 1.05. The normalized spacial score (nSPS) is 32.0. The highest BCUT2D eigenvalue weighted by Crippen LogP contribution is 2.45.